The molecule has 0 amide bonds. The van der Waals surface area contributed by atoms with E-state index >= 15 is 0 Å². The maximum absolute atomic E-state index is 8.85. The van der Waals surface area contributed by atoms with Gasteiger partial charge in [-0.15, -0.1) is 0 Å². The molecular formula is C32H34N+. The normalized spacial score (nSPS) is 13.9. The van der Waals surface area contributed by atoms with Crippen molar-refractivity contribution < 1.29 is 7.31 Å². The molecule has 0 unspecified atom stereocenters. The summed E-state index contributed by atoms with van der Waals surface area (Å²) in [5.74, 6) is 0. The fourth-order valence-corrected chi connectivity index (χ4v) is 5.14. The molecule has 5 rings (SSSR count). The zero-order chi connectivity index (χ0) is 25.1. The van der Waals surface area contributed by atoms with Crippen molar-refractivity contribution in [3.8, 4) is 33.5 Å². The van der Waals surface area contributed by atoms with Crippen LogP contribution in [0.15, 0.2) is 72.9 Å². The molecular weight excluding hydrogens is 398 g/mol. The summed E-state index contributed by atoms with van der Waals surface area (Å²) in [6.07, 6.45) is 1.51. The molecule has 1 aliphatic rings. The van der Waals surface area contributed by atoms with Crippen molar-refractivity contribution in [1.82, 2.24) is 0 Å². The van der Waals surface area contributed by atoms with Crippen LogP contribution in [0.2, 0.25) is 0 Å². The minimum Gasteiger partial charge on any atom is -0.201 e. The molecule has 0 N–H and O–H groups in total. The van der Waals surface area contributed by atoms with E-state index < -0.39 is 11.8 Å². The molecule has 1 aromatic heterocycles. The number of aryl methyl sites for hydroxylation is 2. The highest BCUT2D eigenvalue weighted by Gasteiger charge is 2.28. The average molecular weight is 435 g/mol. The molecule has 4 aromatic rings. The van der Waals surface area contributed by atoms with Crippen molar-refractivity contribution in [2.75, 3.05) is 0 Å². The van der Waals surface area contributed by atoms with E-state index in [2.05, 4.69) is 78.2 Å². The van der Waals surface area contributed by atoms with Gasteiger partial charge < -0.3 is 0 Å². The standard InChI is InChI=1S/C32H34N/c1-21-16-30(33(6)20-25(21)19-32(3,4)5)27-18-29(23-12-8-7-9-13-23)31-26-15-11-10-14-24(26)17-28(31)22(27)2/h7-16,18,20H,17,19H2,1-6H3/q+1/i19D2. The largest absolute Gasteiger partial charge is 0.212 e. The van der Waals surface area contributed by atoms with Crippen LogP contribution in [0.5, 0.6) is 0 Å². The Morgan fingerprint density at radius 1 is 0.879 bits per heavy atom. The summed E-state index contributed by atoms with van der Waals surface area (Å²) in [4.78, 5) is 0. The summed E-state index contributed by atoms with van der Waals surface area (Å²) in [5.41, 5.74) is 12.8. The van der Waals surface area contributed by atoms with Gasteiger partial charge in [-0.05, 0) is 82.6 Å². The highest BCUT2D eigenvalue weighted by atomic mass is 14.9. The van der Waals surface area contributed by atoms with Gasteiger partial charge in [-0.3, -0.25) is 0 Å². The molecule has 1 aliphatic carbocycles. The molecule has 0 radical (unpaired) electrons. The number of nitrogens with zero attached hydrogens (tertiary/aromatic N) is 1. The van der Waals surface area contributed by atoms with Crippen molar-refractivity contribution >= 4 is 0 Å². The quantitative estimate of drug-likeness (QED) is 0.257. The molecule has 1 heteroatoms. The molecule has 1 nitrogen and oxygen atoms in total. The molecule has 0 aliphatic heterocycles. The second-order valence-electron chi connectivity index (χ2n) is 10.4. The smallest absolute Gasteiger partial charge is 0.201 e. The van der Waals surface area contributed by atoms with Crippen LogP contribution >= 0.6 is 0 Å². The molecule has 0 atom stereocenters. The van der Waals surface area contributed by atoms with Gasteiger partial charge in [0.15, 0.2) is 6.20 Å². The third-order valence-corrected chi connectivity index (χ3v) is 6.72. The van der Waals surface area contributed by atoms with Crippen LogP contribution in [0.1, 0.15) is 51.3 Å². The van der Waals surface area contributed by atoms with Crippen molar-refractivity contribution in [3.63, 3.8) is 0 Å². The minimum absolute atomic E-state index is 0.498. The van der Waals surface area contributed by atoms with Gasteiger partial charge >= 0.3 is 0 Å². The van der Waals surface area contributed by atoms with Gasteiger partial charge in [-0.25, -0.2) is 4.57 Å². The Morgan fingerprint density at radius 3 is 2.30 bits per heavy atom. The molecule has 0 bridgehead atoms. The van der Waals surface area contributed by atoms with Crippen LogP contribution in [-0.4, -0.2) is 0 Å². The first-order valence-corrected chi connectivity index (χ1v) is 11.8. The lowest BCUT2D eigenvalue weighted by molar-refractivity contribution is -0.660. The predicted molar refractivity (Wildman–Crippen MR) is 139 cm³/mol. The zero-order valence-corrected chi connectivity index (χ0v) is 20.6. The van der Waals surface area contributed by atoms with Crippen LogP contribution in [0.25, 0.3) is 33.5 Å². The van der Waals surface area contributed by atoms with Crippen molar-refractivity contribution in [1.29, 1.82) is 0 Å². The summed E-state index contributed by atoms with van der Waals surface area (Å²) in [5, 5.41) is 0. The predicted octanol–water partition coefficient (Wildman–Crippen LogP) is 7.62. The SMILES string of the molecule is [2H]C([2H])(c1c[n+](C)c(-c2cc(-c3ccccc3)c3c(c2C)Cc2ccccc2-3)cc1C)C(C)(C)C. The third-order valence-electron chi connectivity index (χ3n) is 6.72. The summed E-state index contributed by atoms with van der Waals surface area (Å²) >= 11 is 0. The van der Waals surface area contributed by atoms with Crippen molar-refractivity contribution in [3.05, 3.63) is 101 Å². The number of hydrogen-bond donors (Lipinski definition) is 0. The van der Waals surface area contributed by atoms with Crippen LogP contribution in [0.4, 0.5) is 0 Å². The number of rotatable bonds is 3. The monoisotopic (exact) mass is 434 g/mol. The van der Waals surface area contributed by atoms with E-state index in [0.717, 1.165) is 23.2 Å². The van der Waals surface area contributed by atoms with E-state index in [1.54, 1.807) is 0 Å². The Labute approximate surface area is 201 Å². The first kappa shape index (κ1) is 19.3. The summed E-state index contributed by atoms with van der Waals surface area (Å²) in [6, 6.07) is 24.0. The Kier molecular flexibility index (Phi) is 4.67. The van der Waals surface area contributed by atoms with Gasteiger partial charge in [0.05, 0.1) is 0 Å². The molecule has 1 heterocycles. The van der Waals surface area contributed by atoms with Gasteiger partial charge in [0.25, 0.3) is 0 Å². The molecule has 3 aromatic carbocycles. The van der Waals surface area contributed by atoms with Crippen LogP contribution in [0, 0.1) is 19.3 Å². The maximum Gasteiger partial charge on any atom is 0.212 e. The molecule has 0 fully saturated rings. The van der Waals surface area contributed by atoms with E-state index in [4.69, 9.17) is 2.74 Å². The summed E-state index contributed by atoms with van der Waals surface area (Å²) in [7, 11) is 2.04. The first-order valence-electron chi connectivity index (χ1n) is 12.8. The fourth-order valence-electron chi connectivity index (χ4n) is 5.14. The van der Waals surface area contributed by atoms with Crippen LogP contribution < -0.4 is 4.57 Å². The lowest BCUT2D eigenvalue weighted by Crippen LogP contribution is -2.32. The number of aromatic nitrogens is 1. The molecule has 166 valence electrons. The zero-order valence-electron chi connectivity index (χ0n) is 22.6. The fraction of sp³-hybridized carbons (Fsp3) is 0.281. The van der Waals surface area contributed by atoms with Crippen LogP contribution in [-0.2, 0) is 19.8 Å². The number of hydrogen-bond acceptors (Lipinski definition) is 0. The summed E-state index contributed by atoms with van der Waals surface area (Å²) in [6.45, 7) is 10.2. The minimum atomic E-state index is -1.43. The second kappa shape index (κ2) is 7.99. The van der Waals surface area contributed by atoms with Crippen molar-refractivity contribution in [2.45, 2.75) is 47.4 Å². The number of benzene rings is 3. The van der Waals surface area contributed by atoms with Gasteiger partial charge in [-0.1, -0.05) is 75.4 Å². The molecule has 0 saturated carbocycles. The average Bonchev–Trinajstić information content (AvgIpc) is 3.21. The number of fused-ring (bicyclic) bond motifs is 3. The van der Waals surface area contributed by atoms with E-state index in [1.807, 2.05) is 40.9 Å². The van der Waals surface area contributed by atoms with Gasteiger partial charge in [0.1, 0.15) is 7.05 Å². The Morgan fingerprint density at radius 2 is 1.58 bits per heavy atom. The Bertz CT molecular complexity index is 1440. The Hall–Kier alpha value is -3.19. The molecule has 33 heavy (non-hydrogen) atoms. The Balaban J connectivity index is 1.76. The molecule has 0 saturated heterocycles. The van der Waals surface area contributed by atoms with Crippen molar-refractivity contribution in [2.24, 2.45) is 12.5 Å². The lowest BCUT2D eigenvalue weighted by Gasteiger charge is -2.20. The van der Waals surface area contributed by atoms with E-state index in [1.165, 1.54) is 44.5 Å². The first-order chi connectivity index (χ1) is 16.5. The van der Waals surface area contributed by atoms with Gasteiger partial charge in [0.2, 0.25) is 5.69 Å². The van der Waals surface area contributed by atoms with E-state index in [-0.39, 0.29) is 0 Å². The van der Waals surface area contributed by atoms with E-state index in [0.29, 0.717) is 0 Å². The highest BCUT2D eigenvalue weighted by molar-refractivity contribution is 5.94. The maximum atomic E-state index is 8.85. The lowest BCUT2D eigenvalue weighted by atomic mass is 9.85. The second-order valence-corrected chi connectivity index (χ2v) is 10.4. The van der Waals surface area contributed by atoms with Gasteiger partial charge in [0, 0.05) is 19.9 Å². The highest BCUT2D eigenvalue weighted by Crippen LogP contribution is 2.47. The van der Waals surface area contributed by atoms with Gasteiger partial charge in [-0.2, -0.15) is 0 Å². The summed E-state index contributed by atoms with van der Waals surface area (Å²) < 4.78 is 19.8. The molecule has 0 spiro atoms. The third kappa shape index (κ3) is 3.91. The number of pyridine rings is 1. The van der Waals surface area contributed by atoms with Crippen LogP contribution in [0.3, 0.4) is 0 Å². The topological polar surface area (TPSA) is 3.88 Å². The van der Waals surface area contributed by atoms with E-state index in [9.17, 15) is 0 Å².